The van der Waals surface area contributed by atoms with E-state index in [-0.39, 0.29) is 0 Å². The van der Waals surface area contributed by atoms with Gasteiger partial charge in [-0.2, -0.15) is 0 Å². The average molecular weight is 141 g/mol. The summed E-state index contributed by atoms with van der Waals surface area (Å²) < 4.78 is 0. The van der Waals surface area contributed by atoms with Gasteiger partial charge in [0.2, 0.25) is 0 Å². The molecule has 0 saturated carbocycles. The lowest BCUT2D eigenvalue weighted by Gasteiger charge is -1.82. The molecule has 50 valence electrons. The van der Waals surface area contributed by atoms with Gasteiger partial charge in [-0.25, -0.2) is 0 Å². The first-order valence-corrected chi connectivity index (χ1v) is 3.87. The first kappa shape index (κ1) is 8.20. The molecule has 3 N–H and O–H groups in total. The van der Waals surface area contributed by atoms with Crippen molar-refractivity contribution in [1.82, 2.24) is 0 Å². The van der Waals surface area contributed by atoms with E-state index in [2.05, 4.69) is 5.40 Å². The van der Waals surface area contributed by atoms with E-state index in [1.807, 2.05) is 6.07 Å². The van der Waals surface area contributed by atoms with Crippen LogP contribution in [0.1, 0.15) is 0 Å². The molecule has 2 nitrogen and oxygen atoms in total. The van der Waals surface area contributed by atoms with Gasteiger partial charge in [-0.15, -0.1) is 0 Å². The zero-order valence-electron chi connectivity index (χ0n) is 5.41. The van der Waals surface area contributed by atoms with Gasteiger partial charge >= 0.3 is 0 Å². The topological polar surface area (TPSA) is 46.2 Å². The van der Waals surface area contributed by atoms with Gasteiger partial charge in [0.05, 0.1) is 10.4 Å². The Kier molecular flexibility index (Phi) is 4.86. The third-order valence-electron chi connectivity index (χ3n) is 0.756. The minimum atomic E-state index is 0.322. The lowest BCUT2D eigenvalue weighted by Crippen LogP contribution is -1.75. The quantitative estimate of drug-likeness (QED) is 0.484. The van der Waals surface area contributed by atoms with Gasteiger partial charge in [-0.3, -0.25) is 0 Å². The predicted octanol–water partition coefficient (Wildman–Crippen LogP) is -0.382. The molecule has 0 aromatic heterocycles. The summed E-state index contributed by atoms with van der Waals surface area (Å²) in [5.74, 6) is 0.322. The maximum Gasteiger partial charge on any atom is 0.115 e. The van der Waals surface area contributed by atoms with Crippen LogP contribution in [0.4, 0.5) is 0 Å². The van der Waals surface area contributed by atoms with Gasteiger partial charge in [-0.1, -0.05) is 18.2 Å². The van der Waals surface area contributed by atoms with Crippen LogP contribution in [0.2, 0.25) is 0 Å². The van der Waals surface area contributed by atoms with Crippen LogP contribution in [0.15, 0.2) is 30.3 Å². The summed E-state index contributed by atoms with van der Waals surface area (Å²) >= 11 is 0. The van der Waals surface area contributed by atoms with Crippen molar-refractivity contribution in [2.75, 3.05) is 0 Å². The van der Waals surface area contributed by atoms with Crippen LogP contribution in [0.5, 0.6) is 5.75 Å². The third-order valence-corrected chi connectivity index (χ3v) is 0.756. The molecule has 0 heterocycles. The summed E-state index contributed by atoms with van der Waals surface area (Å²) in [6.45, 7) is 0. The molecular weight excluding hydrogens is 130 g/mol. The van der Waals surface area contributed by atoms with E-state index >= 15 is 0 Å². The molecule has 0 aliphatic carbocycles. The molecule has 0 unspecified atom stereocenters. The number of hydrogen-bond acceptors (Lipinski definition) is 2. The van der Waals surface area contributed by atoms with E-state index in [0.29, 0.717) is 5.75 Å². The molecule has 0 saturated heterocycles. The minimum absolute atomic E-state index is 0.322. The third kappa shape index (κ3) is 3.75. The monoisotopic (exact) mass is 141 g/mol. The van der Waals surface area contributed by atoms with Crippen molar-refractivity contribution < 1.29 is 5.11 Å². The second kappa shape index (κ2) is 5.34. The van der Waals surface area contributed by atoms with Crippen molar-refractivity contribution >= 4 is 10.4 Å². The molecule has 0 amide bonds. The van der Waals surface area contributed by atoms with Gasteiger partial charge in [0.15, 0.2) is 0 Å². The van der Waals surface area contributed by atoms with E-state index in [1.165, 1.54) is 0 Å². The lowest BCUT2D eigenvalue weighted by atomic mass is 10.3. The van der Waals surface area contributed by atoms with Crippen LogP contribution >= 0.6 is 0 Å². The Labute approximate surface area is 57.8 Å². The number of para-hydroxylation sites is 1. The summed E-state index contributed by atoms with van der Waals surface area (Å²) in [4.78, 5) is 0. The normalized spacial score (nSPS) is 7.67. The molecule has 1 rings (SSSR count). The van der Waals surface area contributed by atoms with Crippen molar-refractivity contribution in [3.05, 3.63) is 30.3 Å². The summed E-state index contributed by atoms with van der Waals surface area (Å²) in [6.07, 6.45) is 0. The van der Waals surface area contributed by atoms with E-state index in [0.717, 1.165) is 10.4 Å². The lowest BCUT2D eigenvalue weighted by molar-refractivity contribution is 0.475. The number of nitrogens with two attached hydrogens (primary N) is 1. The van der Waals surface area contributed by atoms with Crippen LogP contribution in [0.25, 0.3) is 0 Å². The van der Waals surface area contributed by atoms with Gasteiger partial charge in [-0.05, 0) is 12.1 Å². The molecule has 3 heteroatoms. The summed E-state index contributed by atoms with van der Waals surface area (Å²) in [7, 11) is 0.806. The Morgan fingerprint density at radius 2 is 1.56 bits per heavy atom. The molecule has 0 atom stereocenters. The zero-order valence-corrected chi connectivity index (χ0v) is 7.41. The van der Waals surface area contributed by atoms with Gasteiger partial charge < -0.3 is 10.5 Å². The predicted molar refractivity (Wildman–Crippen MR) is 42.2 cm³/mol. The van der Waals surface area contributed by atoms with Crippen LogP contribution in [0.3, 0.4) is 0 Å². The smallest absolute Gasteiger partial charge is 0.115 e. The maximum absolute atomic E-state index is 8.63. The second-order valence-electron chi connectivity index (χ2n) is 1.34. The highest BCUT2D eigenvalue weighted by Gasteiger charge is 1.74. The van der Waals surface area contributed by atoms with Gasteiger partial charge in [0.25, 0.3) is 0 Å². The molecule has 9 heavy (non-hydrogen) atoms. The number of rotatable bonds is 0. The highest BCUT2D eigenvalue weighted by atomic mass is 28.2. The Morgan fingerprint density at radius 3 is 1.78 bits per heavy atom. The van der Waals surface area contributed by atoms with Crippen LogP contribution < -0.4 is 5.40 Å². The van der Waals surface area contributed by atoms with Crippen molar-refractivity contribution in [3.8, 4) is 5.75 Å². The van der Waals surface area contributed by atoms with Crippen molar-refractivity contribution in [2.24, 2.45) is 5.40 Å². The van der Waals surface area contributed by atoms with Gasteiger partial charge in [0.1, 0.15) is 5.75 Å². The SMILES string of the molecule is N[SiH3].Oc1ccccc1. The largest absolute Gasteiger partial charge is 0.508 e. The first-order chi connectivity index (χ1) is 4.39. The Morgan fingerprint density at radius 1 is 1.11 bits per heavy atom. The van der Waals surface area contributed by atoms with E-state index in [4.69, 9.17) is 5.11 Å². The molecule has 0 aliphatic heterocycles. The van der Waals surface area contributed by atoms with E-state index in [1.54, 1.807) is 24.3 Å². The molecule has 0 aliphatic rings. The van der Waals surface area contributed by atoms with Crippen LogP contribution in [-0.4, -0.2) is 15.5 Å². The standard InChI is InChI=1S/C6H6O.H5NSi/c7-6-4-2-1-3-5-6;1-2/h1-5,7H;1H2,2H3. The molecule has 0 fully saturated rings. The number of phenols is 1. The van der Waals surface area contributed by atoms with Crippen LogP contribution in [-0.2, 0) is 0 Å². The second-order valence-corrected chi connectivity index (χ2v) is 1.34. The Bertz CT molecular complexity index is 143. The molecule has 1 aromatic rings. The Hall–Kier alpha value is -0.803. The van der Waals surface area contributed by atoms with E-state index in [9.17, 15) is 0 Å². The average Bonchev–Trinajstić information content (AvgIpc) is 1.94. The Balaban J connectivity index is 0.000000291. The van der Waals surface area contributed by atoms with Crippen molar-refractivity contribution in [2.45, 2.75) is 0 Å². The zero-order chi connectivity index (χ0) is 7.11. The molecular formula is C6H11NOSi. The first-order valence-electron chi connectivity index (χ1n) is 2.71. The summed E-state index contributed by atoms with van der Waals surface area (Å²) in [6, 6.07) is 8.71. The van der Waals surface area contributed by atoms with Crippen molar-refractivity contribution in [1.29, 1.82) is 0 Å². The molecule has 1 aromatic carbocycles. The van der Waals surface area contributed by atoms with Gasteiger partial charge in [0, 0.05) is 0 Å². The summed E-state index contributed by atoms with van der Waals surface area (Å²) in [5.41, 5.74) is 0. The highest BCUT2D eigenvalue weighted by Crippen LogP contribution is 2.02. The number of phenolic OH excluding ortho intramolecular Hbond substituents is 1. The fourth-order valence-corrected chi connectivity index (χ4v) is 0.428. The minimum Gasteiger partial charge on any atom is -0.508 e. The molecule has 0 bridgehead atoms. The highest BCUT2D eigenvalue weighted by molar-refractivity contribution is 6.02. The van der Waals surface area contributed by atoms with Crippen LogP contribution in [0, 0.1) is 0 Å². The fraction of sp³-hybridized carbons (Fsp3) is 0. The summed E-state index contributed by atoms with van der Waals surface area (Å²) in [5, 5.41) is 13.3. The number of hydrogen-bond donors (Lipinski definition) is 2. The molecule has 0 radical (unpaired) electrons. The van der Waals surface area contributed by atoms with Crippen molar-refractivity contribution in [3.63, 3.8) is 0 Å². The maximum atomic E-state index is 8.63. The fourth-order valence-electron chi connectivity index (χ4n) is 0.428. The number of benzene rings is 1. The van der Waals surface area contributed by atoms with E-state index < -0.39 is 0 Å². The molecule has 0 spiro atoms. The number of aromatic hydroxyl groups is 1.